The number of thiophene rings is 1. The van der Waals surface area contributed by atoms with Crippen molar-refractivity contribution in [1.82, 2.24) is 14.8 Å². The highest BCUT2D eigenvalue weighted by molar-refractivity contribution is 7.99. The Morgan fingerprint density at radius 1 is 1.15 bits per heavy atom. The molecule has 2 aromatic rings. The number of fused-ring (bicyclic) bond motifs is 1. The van der Waals surface area contributed by atoms with Crippen LogP contribution < -0.4 is 10.2 Å². The summed E-state index contributed by atoms with van der Waals surface area (Å²) in [7, 11) is 0. The molecule has 8 nitrogen and oxygen atoms in total. The Balaban J connectivity index is 1.29. The second-order valence-corrected chi connectivity index (χ2v) is 11.3. The van der Waals surface area contributed by atoms with E-state index in [0.717, 1.165) is 68.3 Å². The number of amides is 1. The minimum Gasteiger partial charge on any atom is -0.459 e. The lowest BCUT2D eigenvalue weighted by atomic mass is 9.95. The molecule has 10 heteroatoms. The van der Waals surface area contributed by atoms with E-state index in [0.29, 0.717) is 16.6 Å². The van der Waals surface area contributed by atoms with Gasteiger partial charge in [0.15, 0.2) is 5.16 Å². The van der Waals surface area contributed by atoms with Gasteiger partial charge < -0.3 is 15.0 Å². The topological polar surface area (TPSA) is 89.3 Å². The number of aryl methyl sites for hydroxylation is 1. The van der Waals surface area contributed by atoms with Crippen molar-refractivity contribution in [2.45, 2.75) is 82.5 Å². The van der Waals surface area contributed by atoms with Gasteiger partial charge in [-0.05, 0) is 70.8 Å². The second kappa shape index (κ2) is 9.66. The molecule has 1 saturated heterocycles. The van der Waals surface area contributed by atoms with Crippen LogP contribution >= 0.6 is 23.1 Å². The highest BCUT2D eigenvalue weighted by atomic mass is 32.2. The van der Waals surface area contributed by atoms with Crippen LogP contribution in [0.15, 0.2) is 5.16 Å². The molecule has 33 heavy (non-hydrogen) atoms. The van der Waals surface area contributed by atoms with E-state index in [4.69, 9.17) is 4.74 Å². The van der Waals surface area contributed by atoms with Gasteiger partial charge in [-0.1, -0.05) is 11.8 Å². The molecule has 3 aliphatic rings. The first-order chi connectivity index (χ1) is 16.0. The summed E-state index contributed by atoms with van der Waals surface area (Å²) in [5, 5.41) is 13.3. The van der Waals surface area contributed by atoms with Crippen LogP contribution in [0.2, 0.25) is 0 Å². The van der Waals surface area contributed by atoms with Gasteiger partial charge >= 0.3 is 5.97 Å². The van der Waals surface area contributed by atoms with Crippen LogP contribution in [0, 0.1) is 0 Å². The van der Waals surface area contributed by atoms with E-state index in [9.17, 15) is 9.59 Å². The molecule has 0 unspecified atom stereocenters. The number of hydrogen-bond donors (Lipinski definition) is 1. The molecule has 1 amide bonds. The summed E-state index contributed by atoms with van der Waals surface area (Å²) >= 11 is 2.95. The van der Waals surface area contributed by atoms with Gasteiger partial charge in [-0.3, -0.25) is 9.36 Å². The number of ether oxygens (including phenoxy) is 1. The highest BCUT2D eigenvalue weighted by Crippen LogP contribution is 2.42. The van der Waals surface area contributed by atoms with E-state index in [1.165, 1.54) is 40.8 Å². The van der Waals surface area contributed by atoms with Gasteiger partial charge in [0, 0.05) is 24.0 Å². The number of carbonyl (C=O) groups excluding carboxylic acids is 2. The molecule has 3 heterocycles. The lowest BCUT2D eigenvalue weighted by molar-refractivity contribution is -0.113. The number of anilines is 2. The van der Waals surface area contributed by atoms with Crippen molar-refractivity contribution in [2.24, 2.45) is 0 Å². The van der Waals surface area contributed by atoms with Crippen LogP contribution in [-0.4, -0.2) is 51.6 Å². The Hall–Kier alpha value is -2.07. The van der Waals surface area contributed by atoms with E-state index in [2.05, 4.69) is 25.0 Å². The molecule has 2 fully saturated rings. The van der Waals surface area contributed by atoms with Crippen molar-refractivity contribution in [3.8, 4) is 0 Å². The summed E-state index contributed by atoms with van der Waals surface area (Å²) < 4.78 is 7.72. The summed E-state index contributed by atoms with van der Waals surface area (Å²) in [4.78, 5) is 29.2. The molecule has 0 radical (unpaired) electrons. The Morgan fingerprint density at radius 2 is 1.91 bits per heavy atom. The zero-order chi connectivity index (χ0) is 22.9. The zero-order valence-corrected chi connectivity index (χ0v) is 20.9. The summed E-state index contributed by atoms with van der Waals surface area (Å²) in [5.74, 6) is 0.704. The lowest BCUT2D eigenvalue weighted by Crippen LogP contribution is -2.22. The molecular formula is C23H31N5O3S2. The van der Waals surface area contributed by atoms with Gasteiger partial charge in [0.25, 0.3) is 0 Å². The molecule has 0 spiro atoms. The number of nitrogens with one attached hydrogen (secondary N) is 1. The standard InChI is InChI=1S/C23H31N5O3S2/c1-14(2)31-21(30)19-16-7-3-4-8-17(16)33-20(19)24-18(29)13-32-23-26-25-22(27-11-5-6-12-27)28(23)15-9-10-15/h14-15H,3-13H2,1-2H3,(H,24,29). The minimum absolute atomic E-state index is 0.134. The van der Waals surface area contributed by atoms with Gasteiger partial charge in [0.1, 0.15) is 5.00 Å². The van der Waals surface area contributed by atoms with E-state index < -0.39 is 0 Å². The first kappa shape index (κ1) is 22.7. The smallest absolute Gasteiger partial charge is 0.341 e. The molecule has 2 aliphatic carbocycles. The summed E-state index contributed by atoms with van der Waals surface area (Å²) in [6.45, 7) is 5.73. The number of thioether (sulfide) groups is 1. The van der Waals surface area contributed by atoms with Crippen molar-refractivity contribution in [3.05, 3.63) is 16.0 Å². The maximum atomic E-state index is 12.9. The monoisotopic (exact) mass is 489 g/mol. The molecule has 0 aromatic carbocycles. The Bertz CT molecular complexity index is 1040. The number of carbonyl (C=O) groups is 2. The van der Waals surface area contributed by atoms with Gasteiger partial charge in [-0.25, -0.2) is 4.79 Å². The third-order valence-corrected chi connectivity index (χ3v) is 8.40. The summed E-state index contributed by atoms with van der Waals surface area (Å²) in [5.41, 5.74) is 1.61. The van der Waals surface area contributed by atoms with E-state index in [1.807, 2.05) is 13.8 Å². The second-order valence-electron chi connectivity index (χ2n) is 9.28. The van der Waals surface area contributed by atoms with Crippen molar-refractivity contribution in [3.63, 3.8) is 0 Å². The maximum Gasteiger partial charge on any atom is 0.341 e. The quantitative estimate of drug-likeness (QED) is 0.433. The van der Waals surface area contributed by atoms with E-state index >= 15 is 0 Å². The molecule has 1 aliphatic heterocycles. The van der Waals surface area contributed by atoms with Crippen molar-refractivity contribution in [1.29, 1.82) is 0 Å². The number of aromatic nitrogens is 3. The molecule has 178 valence electrons. The zero-order valence-electron chi connectivity index (χ0n) is 19.3. The predicted octanol–water partition coefficient (Wildman–Crippen LogP) is 4.45. The number of esters is 1. The SMILES string of the molecule is CC(C)OC(=O)c1c(NC(=O)CSc2nnc(N3CCCC3)n2C2CC2)sc2c1CCCC2. The summed E-state index contributed by atoms with van der Waals surface area (Å²) in [6, 6.07) is 0.447. The normalized spacial score (nSPS) is 18.0. The average molecular weight is 490 g/mol. The molecule has 5 rings (SSSR count). The minimum atomic E-state index is -0.337. The van der Waals surface area contributed by atoms with Gasteiger partial charge in [-0.2, -0.15) is 0 Å². The third-order valence-electron chi connectivity index (χ3n) is 6.25. The fourth-order valence-corrected chi connectivity index (χ4v) is 6.68. The third kappa shape index (κ3) is 4.91. The maximum absolute atomic E-state index is 12.9. The van der Waals surface area contributed by atoms with Crippen molar-refractivity contribution in [2.75, 3.05) is 29.1 Å². The first-order valence-electron chi connectivity index (χ1n) is 12.0. The lowest BCUT2D eigenvalue weighted by Gasteiger charge is -2.17. The van der Waals surface area contributed by atoms with Crippen molar-refractivity contribution < 1.29 is 14.3 Å². The largest absolute Gasteiger partial charge is 0.459 e. The van der Waals surface area contributed by atoms with Crippen LogP contribution in [0.1, 0.15) is 79.2 Å². The van der Waals surface area contributed by atoms with E-state index in [-0.39, 0.29) is 23.7 Å². The molecule has 1 saturated carbocycles. The van der Waals surface area contributed by atoms with Crippen LogP contribution in [0.3, 0.4) is 0 Å². The van der Waals surface area contributed by atoms with Gasteiger partial charge in [-0.15, -0.1) is 21.5 Å². The Morgan fingerprint density at radius 3 is 2.64 bits per heavy atom. The summed E-state index contributed by atoms with van der Waals surface area (Å²) in [6.07, 6.45) is 8.45. The molecular weight excluding hydrogens is 458 g/mol. The Labute approximate surface area is 202 Å². The molecule has 0 atom stereocenters. The molecule has 0 bridgehead atoms. The molecule has 2 aromatic heterocycles. The number of rotatable bonds is 8. The van der Waals surface area contributed by atoms with Crippen LogP contribution in [-0.2, 0) is 22.4 Å². The van der Waals surface area contributed by atoms with Crippen LogP contribution in [0.4, 0.5) is 10.9 Å². The van der Waals surface area contributed by atoms with Crippen LogP contribution in [0.25, 0.3) is 0 Å². The Kier molecular flexibility index (Phi) is 6.65. The van der Waals surface area contributed by atoms with Crippen molar-refractivity contribution >= 4 is 45.9 Å². The average Bonchev–Trinajstić information content (AvgIpc) is 3.18. The van der Waals surface area contributed by atoms with Gasteiger partial charge in [0.2, 0.25) is 11.9 Å². The van der Waals surface area contributed by atoms with Crippen LogP contribution in [0.5, 0.6) is 0 Å². The predicted molar refractivity (Wildman–Crippen MR) is 131 cm³/mol. The fourth-order valence-electron chi connectivity index (χ4n) is 4.59. The highest BCUT2D eigenvalue weighted by Gasteiger charge is 2.33. The number of nitrogens with zero attached hydrogens (tertiary/aromatic N) is 4. The number of hydrogen-bond acceptors (Lipinski definition) is 8. The molecule has 1 N–H and O–H groups in total. The van der Waals surface area contributed by atoms with E-state index in [1.54, 1.807) is 0 Å². The fraction of sp³-hybridized carbons (Fsp3) is 0.652. The first-order valence-corrected chi connectivity index (χ1v) is 13.8. The van der Waals surface area contributed by atoms with Gasteiger partial charge in [0.05, 0.1) is 17.4 Å².